The van der Waals surface area contributed by atoms with Crippen LogP contribution in [0.4, 0.5) is 5.95 Å². The first-order valence-electron chi connectivity index (χ1n) is 11.1. The van der Waals surface area contributed by atoms with E-state index in [2.05, 4.69) is 36.1 Å². The standard InChI is InChI=1S/C16H24N4O2.C8H9Cl/c1-4-14(21)20-10-13-12(16(20,2)3)9-17-15(19-13)18-11-5-7-22-8-6-11;1-2-7-5-3-4-6-8(7)9/h9,11H,4-8,10H2,1-3H3,(H,17,18,19);3-6H,2H2,1H3. The van der Waals surface area contributed by atoms with Gasteiger partial charge in [0.1, 0.15) is 0 Å². The quantitative estimate of drug-likeness (QED) is 0.722. The van der Waals surface area contributed by atoms with Crippen molar-refractivity contribution in [2.24, 2.45) is 0 Å². The number of nitrogens with one attached hydrogen (secondary N) is 1. The summed E-state index contributed by atoms with van der Waals surface area (Å²) in [7, 11) is 0. The topological polar surface area (TPSA) is 67.4 Å². The number of carbonyl (C=O) groups excluding carboxylic acids is 1. The van der Waals surface area contributed by atoms with Crippen molar-refractivity contribution in [1.29, 1.82) is 0 Å². The Hall–Kier alpha value is -2.18. The molecule has 1 fully saturated rings. The molecule has 1 amide bonds. The minimum Gasteiger partial charge on any atom is -0.381 e. The zero-order valence-electron chi connectivity index (χ0n) is 18.9. The van der Waals surface area contributed by atoms with Crippen molar-refractivity contribution in [2.75, 3.05) is 18.5 Å². The van der Waals surface area contributed by atoms with E-state index in [0.29, 0.717) is 25.0 Å². The Morgan fingerprint density at radius 2 is 1.97 bits per heavy atom. The monoisotopic (exact) mass is 444 g/mol. The van der Waals surface area contributed by atoms with Crippen LogP contribution in [0.25, 0.3) is 0 Å². The molecule has 0 unspecified atom stereocenters. The molecule has 6 nitrogen and oxygen atoms in total. The van der Waals surface area contributed by atoms with E-state index in [1.54, 1.807) is 0 Å². The summed E-state index contributed by atoms with van der Waals surface area (Å²) in [6.07, 6.45) is 5.35. The molecule has 4 rings (SSSR count). The summed E-state index contributed by atoms with van der Waals surface area (Å²) in [6, 6.07) is 8.28. The van der Waals surface area contributed by atoms with Gasteiger partial charge in [-0.2, -0.15) is 0 Å². The molecule has 1 saturated heterocycles. The van der Waals surface area contributed by atoms with E-state index >= 15 is 0 Å². The lowest BCUT2D eigenvalue weighted by Crippen LogP contribution is -2.39. The summed E-state index contributed by atoms with van der Waals surface area (Å²) in [5.74, 6) is 0.814. The Bertz CT molecular complexity index is 897. The Morgan fingerprint density at radius 1 is 1.26 bits per heavy atom. The van der Waals surface area contributed by atoms with Gasteiger partial charge in [-0.15, -0.1) is 0 Å². The Morgan fingerprint density at radius 3 is 2.58 bits per heavy atom. The molecule has 7 heteroatoms. The van der Waals surface area contributed by atoms with Gasteiger partial charge in [-0.25, -0.2) is 9.97 Å². The van der Waals surface area contributed by atoms with Gasteiger partial charge >= 0.3 is 0 Å². The lowest BCUT2D eigenvalue weighted by atomic mass is 9.97. The first kappa shape index (κ1) is 23.5. The largest absolute Gasteiger partial charge is 0.381 e. The molecule has 1 aromatic carbocycles. The minimum absolute atomic E-state index is 0.155. The summed E-state index contributed by atoms with van der Waals surface area (Å²) in [6.45, 7) is 10.2. The van der Waals surface area contributed by atoms with E-state index < -0.39 is 0 Å². The highest BCUT2D eigenvalue weighted by Crippen LogP contribution is 2.38. The number of aryl methyl sites for hydroxylation is 1. The van der Waals surface area contributed by atoms with Crippen LogP contribution in [0, 0.1) is 0 Å². The normalized spacial score (nSPS) is 17.5. The molecule has 0 aliphatic carbocycles. The van der Waals surface area contributed by atoms with E-state index in [1.165, 1.54) is 5.56 Å². The second kappa shape index (κ2) is 10.4. The van der Waals surface area contributed by atoms with Gasteiger partial charge in [-0.3, -0.25) is 4.79 Å². The van der Waals surface area contributed by atoms with Crippen LogP contribution < -0.4 is 5.32 Å². The zero-order chi connectivity index (χ0) is 22.4. The van der Waals surface area contributed by atoms with Gasteiger partial charge in [0.2, 0.25) is 11.9 Å². The van der Waals surface area contributed by atoms with Gasteiger partial charge in [-0.1, -0.05) is 43.6 Å². The molecule has 2 aliphatic rings. The summed E-state index contributed by atoms with van der Waals surface area (Å²) in [4.78, 5) is 23.2. The Kier molecular flexibility index (Phi) is 7.89. The number of hydrogen-bond donors (Lipinski definition) is 1. The van der Waals surface area contributed by atoms with Crippen LogP contribution >= 0.6 is 11.6 Å². The number of anilines is 1. The molecule has 3 heterocycles. The second-order valence-corrected chi connectivity index (χ2v) is 8.83. The zero-order valence-corrected chi connectivity index (χ0v) is 19.7. The fourth-order valence-electron chi connectivity index (χ4n) is 4.01. The smallest absolute Gasteiger partial charge is 0.223 e. The number of aromatic nitrogens is 2. The Labute approximate surface area is 190 Å². The molecule has 0 bridgehead atoms. The van der Waals surface area contributed by atoms with Crippen LogP contribution in [0.2, 0.25) is 5.02 Å². The molecule has 168 valence electrons. The highest BCUT2D eigenvalue weighted by molar-refractivity contribution is 6.31. The highest BCUT2D eigenvalue weighted by atomic mass is 35.5. The number of rotatable bonds is 4. The second-order valence-electron chi connectivity index (χ2n) is 8.42. The number of halogens is 1. The van der Waals surface area contributed by atoms with E-state index in [-0.39, 0.29) is 11.4 Å². The van der Waals surface area contributed by atoms with Gasteiger partial charge in [0.15, 0.2) is 0 Å². The predicted octanol–water partition coefficient (Wildman–Crippen LogP) is 4.96. The van der Waals surface area contributed by atoms with Crippen molar-refractivity contribution < 1.29 is 9.53 Å². The van der Waals surface area contributed by atoms with Crippen molar-refractivity contribution in [3.8, 4) is 0 Å². The minimum atomic E-state index is -0.334. The van der Waals surface area contributed by atoms with Crippen molar-refractivity contribution in [3.63, 3.8) is 0 Å². The van der Waals surface area contributed by atoms with Crippen LogP contribution in [-0.4, -0.2) is 40.0 Å². The van der Waals surface area contributed by atoms with Crippen molar-refractivity contribution in [3.05, 3.63) is 52.3 Å². The maximum Gasteiger partial charge on any atom is 0.223 e. The molecular weight excluding hydrogens is 412 g/mol. The molecule has 2 aromatic rings. The molecule has 0 spiro atoms. The highest BCUT2D eigenvalue weighted by Gasteiger charge is 2.41. The lowest BCUT2D eigenvalue weighted by Gasteiger charge is -2.31. The van der Waals surface area contributed by atoms with Gasteiger partial charge < -0.3 is 15.0 Å². The van der Waals surface area contributed by atoms with Crippen molar-refractivity contribution in [1.82, 2.24) is 14.9 Å². The first-order valence-corrected chi connectivity index (χ1v) is 11.5. The van der Waals surface area contributed by atoms with E-state index in [1.807, 2.05) is 42.3 Å². The van der Waals surface area contributed by atoms with Crippen LogP contribution in [0.15, 0.2) is 30.5 Å². The summed E-state index contributed by atoms with van der Waals surface area (Å²) < 4.78 is 5.37. The Balaban J connectivity index is 0.000000254. The van der Waals surface area contributed by atoms with E-state index in [4.69, 9.17) is 16.3 Å². The number of amides is 1. The molecule has 0 radical (unpaired) electrons. The van der Waals surface area contributed by atoms with Crippen molar-refractivity contribution >= 4 is 23.5 Å². The maximum atomic E-state index is 12.1. The van der Waals surface area contributed by atoms with Crippen LogP contribution in [-0.2, 0) is 28.0 Å². The average molecular weight is 445 g/mol. The number of hydrogen-bond acceptors (Lipinski definition) is 5. The third kappa shape index (κ3) is 5.55. The van der Waals surface area contributed by atoms with Crippen LogP contribution in [0.3, 0.4) is 0 Å². The van der Waals surface area contributed by atoms with E-state index in [0.717, 1.165) is 48.8 Å². The number of ether oxygens (including phenoxy) is 1. The number of fused-ring (bicyclic) bond motifs is 1. The SMILES string of the molecule is CCC(=O)N1Cc2nc(NC3CCOCC3)ncc2C1(C)C.CCc1ccccc1Cl. The lowest BCUT2D eigenvalue weighted by molar-refractivity contribution is -0.136. The van der Waals surface area contributed by atoms with Gasteiger partial charge in [0.25, 0.3) is 0 Å². The third-order valence-corrected chi connectivity index (χ3v) is 6.37. The molecule has 0 saturated carbocycles. The fourth-order valence-corrected chi connectivity index (χ4v) is 4.28. The molecular formula is C24H33ClN4O2. The predicted molar refractivity (Wildman–Crippen MR) is 124 cm³/mol. The van der Waals surface area contributed by atoms with Gasteiger partial charge in [-0.05, 0) is 44.7 Å². The summed E-state index contributed by atoms with van der Waals surface area (Å²) >= 11 is 5.82. The molecule has 1 aromatic heterocycles. The maximum absolute atomic E-state index is 12.1. The first-order chi connectivity index (χ1) is 14.9. The average Bonchev–Trinajstić information content (AvgIpc) is 3.04. The van der Waals surface area contributed by atoms with Crippen LogP contribution in [0.1, 0.15) is 63.8 Å². The number of benzene rings is 1. The van der Waals surface area contributed by atoms with Gasteiger partial charge in [0.05, 0.1) is 17.8 Å². The summed E-state index contributed by atoms with van der Waals surface area (Å²) in [5, 5.41) is 4.27. The van der Waals surface area contributed by atoms with Crippen molar-refractivity contribution in [2.45, 2.75) is 71.5 Å². The fraction of sp³-hybridized carbons (Fsp3) is 0.542. The molecule has 2 aliphatic heterocycles. The molecule has 0 atom stereocenters. The molecule has 1 N–H and O–H groups in total. The number of nitrogens with zero attached hydrogens (tertiary/aromatic N) is 3. The van der Waals surface area contributed by atoms with E-state index in [9.17, 15) is 4.79 Å². The number of carbonyl (C=O) groups is 1. The summed E-state index contributed by atoms with van der Waals surface area (Å²) in [5.41, 5.74) is 2.89. The van der Waals surface area contributed by atoms with Gasteiger partial charge in [0, 0.05) is 42.5 Å². The third-order valence-electron chi connectivity index (χ3n) is 6.01. The molecule has 31 heavy (non-hydrogen) atoms. The van der Waals surface area contributed by atoms with Crippen LogP contribution in [0.5, 0.6) is 0 Å².